The lowest BCUT2D eigenvalue weighted by molar-refractivity contribution is -0.467. The van der Waals surface area contributed by atoms with E-state index in [4.69, 9.17) is 0 Å². The lowest BCUT2D eigenvalue weighted by Crippen LogP contribution is -2.36. The maximum Gasteiger partial charge on any atom is 0.250 e. The molecule has 4 heteroatoms. The normalized spacial score (nSPS) is 15.4. The van der Waals surface area contributed by atoms with Crippen molar-refractivity contribution in [3.05, 3.63) is 41.5 Å². The van der Waals surface area contributed by atoms with Crippen LogP contribution in [0, 0.1) is 11.3 Å². The number of aromatic amines is 1. The largest absolute Gasteiger partial charge is 0.292 e. The van der Waals surface area contributed by atoms with Gasteiger partial charge in [-0.05, 0) is 37.0 Å². The number of hydrogen-bond donors (Lipinski definition) is 1. The zero-order valence-electron chi connectivity index (χ0n) is 14.9. The first-order valence-electron chi connectivity index (χ1n) is 9.47. The second kappa shape index (κ2) is 6.76. The molecule has 1 fully saturated rings. The van der Waals surface area contributed by atoms with Crippen molar-refractivity contribution in [2.45, 2.75) is 45.4 Å². The number of imidazole rings is 1. The monoisotopic (exact) mass is 333 g/mol. The summed E-state index contributed by atoms with van der Waals surface area (Å²) in [7, 11) is 0. The molecule has 0 bridgehead atoms. The van der Waals surface area contributed by atoms with Crippen molar-refractivity contribution in [3.8, 4) is 6.07 Å². The molecule has 0 atom stereocenters. The van der Waals surface area contributed by atoms with Gasteiger partial charge in [-0.15, -0.1) is 0 Å². The minimum absolute atomic E-state index is 0.789. The summed E-state index contributed by atoms with van der Waals surface area (Å²) in [6.07, 6.45) is 7.10. The zero-order valence-corrected chi connectivity index (χ0v) is 14.9. The van der Waals surface area contributed by atoms with Crippen molar-refractivity contribution in [1.29, 1.82) is 5.26 Å². The highest BCUT2D eigenvalue weighted by molar-refractivity contribution is 5.77. The average Bonchev–Trinajstić information content (AvgIpc) is 2.81. The van der Waals surface area contributed by atoms with E-state index in [-0.39, 0.29) is 0 Å². The Hall–Kier alpha value is -2.54. The first kappa shape index (κ1) is 16.0. The van der Waals surface area contributed by atoms with Gasteiger partial charge < -0.3 is 0 Å². The van der Waals surface area contributed by atoms with Crippen LogP contribution >= 0.6 is 0 Å². The number of nitrogens with one attached hydrogen (secondary N) is 1. The highest BCUT2D eigenvalue weighted by atomic mass is 15.2. The average molecular weight is 333 g/mol. The van der Waals surface area contributed by atoms with Crippen molar-refractivity contribution in [1.82, 2.24) is 4.98 Å². The summed E-state index contributed by atoms with van der Waals surface area (Å²) < 4.78 is 2.26. The molecule has 4 nitrogen and oxygen atoms in total. The van der Waals surface area contributed by atoms with Crippen LogP contribution in [0.4, 0.5) is 5.82 Å². The van der Waals surface area contributed by atoms with Crippen LogP contribution in [-0.2, 0) is 6.42 Å². The molecule has 1 aliphatic heterocycles. The van der Waals surface area contributed by atoms with E-state index >= 15 is 0 Å². The van der Waals surface area contributed by atoms with Crippen LogP contribution in [-0.4, -0.2) is 18.1 Å². The summed E-state index contributed by atoms with van der Waals surface area (Å²) in [6.45, 7) is 4.37. The first-order valence-corrected chi connectivity index (χ1v) is 9.47. The van der Waals surface area contributed by atoms with Gasteiger partial charge in [0, 0.05) is 6.07 Å². The standard InChI is InChI=1S/C21H24N4/c1-2-9-16-14-20(24-12-7-3-4-8-13-24)25-19-11-6-5-10-18(19)23-21(25)17(16)15-22/h5-6,10-11,14H,2-4,7-9,12-13H2,1H3/p+1. The summed E-state index contributed by atoms with van der Waals surface area (Å²) in [4.78, 5) is 6.02. The fourth-order valence-corrected chi connectivity index (χ4v) is 4.06. The Balaban J connectivity index is 2.03. The Bertz CT molecular complexity index is 940. The van der Waals surface area contributed by atoms with E-state index < -0.39 is 0 Å². The van der Waals surface area contributed by atoms with Gasteiger partial charge in [0.05, 0.1) is 13.1 Å². The molecule has 4 rings (SSSR count). The summed E-state index contributed by atoms with van der Waals surface area (Å²) >= 11 is 0. The van der Waals surface area contributed by atoms with Gasteiger partial charge in [0.2, 0.25) is 11.5 Å². The number of fused-ring (bicyclic) bond motifs is 3. The molecule has 2 aromatic heterocycles. The van der Waals surface area contributed by atoms with Gasteiger partial charge in [-0.1, -0.05) is 38.3 Å². The van der Waals surface area contributed by atoms with Crippen LogP contribution in [0.25, 0.3) is 16.7 Å². The number of benzene rings is 1. The second-order valence-electron chi connectivity index (χ2n) is 6.99. The van der Waals surface area contributed by atoms with Crippen LogP contribution in [0.5, 0.6) is 0 Å². The second-order valence-corrected chi connectivity index (χ2v) is 6.99. The van der Waals surface area contributed by atoms with Gasteiger partial charge in [-0.25, -0.2) is 0 Å². The SMILES string of the molecule is CCCc1cc(N2CCCCCC2)[n+]2c([nH]c3ccccc32)c1C#N. The van der Waals surface area contributed by atoms with E-state index in [1.54, 1.807) is 0 Å². The van der Waals surface area contributed by atoms with Crippen molar-refractivity contribution in [2.75, 3.05) is 18.0 Å². The Morgan fingerprint density at radius 2 is 1.92 bits per heavy atom. The smallest absolute Gasteiger partial charge is 0.250 e. The maximum atomic E-state index is 9.82. The number of pyridine rings is 1. The van der Waals surface area contributed by atoms with Crippen LogP contribution in [0.15, 0.2) is 30.3 Å². The van der Waals surface area contributed by atoms with Gasteiger partial charge >= 0.3 is 0 Å². The molecule has 0 radical (unpaired) electrons. The molecule has 1 aliphatic rings. The third-order valence-corrected chi connectivity index (χ3v) is 5.27. The quantitative estimate of drug-likeness (QED) is 0.733. The van der Waals surface area contributed by atoms with E-state index in [0.29, 0.717) is 0 Å². The third kappa shape index (κ3) is 2.74. The predicted octanol–water partition coefficient (Wildman–Crippen LogP) is 4.11. The number of H-pyrrole nitrogens is 1. The Labute approximate surface area is 148 Å². The third-order valence-electron chi connectivity index (χ3n) is 5.27. The van der Waals surface area contributed by atoms with E-state index in [9.17, 15) is 5.26 Å². The summed E-state index contributed by atoms with van der Waals surface area (Å²) in [5.41, 5.74) is 5.13. The zero-order chi connectivity index (χ0) is 17.2. The predicted molar refractivity (Wildman–Crippen MR) is 101 cm³/mol. The van der Waals surface area contributed by atoms with E-state index in [1.165, 1.54) is 31.5 Å². The molecule has 1 aromatic carbocycles. The first-order chi connectivity index (χ1) is 12.3. The molecule has 3 aromatic rings. The van der Waals surface area contributed by atoms with Crippen molar-refractivity contribution >= 4 is 22.5 Å². The minimum atomic E-state index is 0.789. The number of para-hydroxylation sites is 2. The Kier molecular flexibility index (Phi) is 4.31. The lowest BCUT2D eigenvalue weighted by Gasteiger charge is -2.19. The van der Waals surface area contributed by atoms with Crippen molar-refractivity contribution in [2.24, 2.45) is 0 Å². The number of anilines is 1. The van der Waals surface area contributed by atoms with Gasteiger partial charge in [0.15, 0.2) is 0 Å². The number of hydrogen-bond acceptors (Lipinski definition) is 2. The fraction of sp³-hybridized carbons (Fsp3) is 0.429. The van der Waals surface area contributed by atoms with Crippen molar-refractivity contribution < 1.29 is 4.40 Å². The molecular formula is C21H25N4+. The lowest BCUT2D eigenvalue weighted by atomic mass is 10.1. The maximum absolute atomic E-state index is 9.82. The van der Waals surface area contributed by atoms with Crippen molar-refractivity contribution in [3.63, 3.8) is 0 Å². The highest BCUT2D eigenvalue weighted by Crippen LogP contribution is 2.25. The molecule has 3 heterocycles. The van der Waals surface area contributed by atoms with E-state index in [0.717, 1.165) is 53.7 Å². The van der Waals surface area contributed by atoms with Gasteiger partial charge in [0.25, 0.3) is 0 Å². The van der Waals surface area contributed by atoms with Crippen LogP contribution < -0.4 is 9.30 Å². The molecule has 1 saturated heterocycles. The molecule has 0 aliphatic carbocycles. The topological polar surface area (TPSA) is 46.9 Å². The molecule has 1 N–H and O–H groups in total. The van der Waals surface area contributed by atoms with Gasteiger partial charge in [-0.2, -0.15) is 9.66 Å². The number of nitriles is 1. The summed E-state index contributed by atoms with van der Waals surface area (Å²) in [5.74, 6) is 1.23. The number of aromatic nitrogens is 2. The summed E-state index contributed by atoms with van der Waals surface area (Å²) in [5, 5.41) is 9.82. The number of rotatable bonds is 3. The molecule has 0 amide bonds. The van der Waals surface area contributed by atoms with Crippen LogP contribution in [0.3, 0.4) is 0 Å². The Morgan fingerprint density at radius 3 is 2.64 bits per heavy atom. The number of aryl methyl sites for hydroxylation is 1. The highest BCUT2D eigenvalue weighted by Gasteiger charge is 2.25. The Morgan fingerprint density at radius 1 is 1.16 bits per heavy atom. The van der Waals surface area contributed by atoms with Gasteiger partial charge in [-0.3, -0.25) is 9.88 Å². The molecular weight excluding hydrogens is 308 g/mol. The molecule has 128 valence electrons. The summed E-state index contributed by atoms with van der Waals surface area (Å²) in [6, 6.07) is 13.1. The molecule has 0 unspecified atom stereocenters. The molecule has 25 heavy (non-hydrogen) atoms. The van der Waals surface area contributed by atoms with Crippen LogP contribution in [0.2, 0.25) is 0 Å². The van der Waals surface area contributed by atoms with Gasteiger partial charge in [0.1, 0.15) is 22.7 Å². The van der Waals surface area contributed by atoms with E-state index in [2.05, 4.69) is 51.5 Å². The fourth-order valence-electron chi connectivity index (χ4n) is 4.06. The molecule has 0 spiro atoms. The minimum Gasteiger partial charge on any atom is -0.292 e. The molecule has 0 saturated carbocycles. The number of nitrogens with zero attached hydrogens (tertiary/aromatic N) is 3. The van der Waals surface area contributed by atoms with E-state index in [1.807, 2.05) is 6.07 Å². The van der Waals surface area contributed by atoms with Crippen LogP contribution in [0.1, 0.15) is 50.2 Å².